The molecule has 8 heteroatoms. The fourth-order valence-corrected chi connectivity index (χ4v) is 1.35. The molecule has 2 atom stereocenters. The number of rotatable bonds is 6. The lowest BCUT2D eigenvalue weighted by Gasteiger charge is -2.22. The number of nitrogens with zero attached hydrogens (tertiary/aromatic N) is 3. The van der Waals surface area contributed by atoms with E-state index in [0.717, 1.165) is 0 Å². The zero-order chi connectivity index (χ0) is 13.8. The van der Waals surface area contributed by atoms with E-state index in [0.29, 0.717) is 0 Å². The highest BCUT2D eigenvalue weighted by Gasteiger charge is 2.26. The number of amides is 1. The van der Waals surface area contributed by atoms with E-state index in [1.165, 1.54) is 24.3 Å². The highest BCUT2D eigenvalue weighted by atomic mass is 16.4. The summed E-state index contributed by atoms with van der Waals surface area (Å²) in [5, 5.41) is 24.6. The molecule has 0 aromatic carbocycles. The molecule has 0 bridgehead atoms. The number of carbonyl (C=O) groups excluding carboxylic acids is 1. The number of aromatic nitrogens is 3. The van der Waals surface area contributed by atoms with Crippen molar-refractivity contribution < 1.29 is 19.8 Å². The van der Waals surface area contributed by atoms with Gasteiger partial charge in [-0.25, -0.2) is 9.67 Å². The maximum Gasteiger partial charge on any atom is 0.306 e. The minimum atomic E-state index is -1.48. The molecular formula is C10H16N4O4. The third-order valence-electron chi connectivity index (χ3n) is 2.39. The first-order valence-corrected chi connectivity index (χ1v) is 5.38. The van der Waals surface area contributed by atoms with Crippen molar-refractivity contribution in [2.24, 2.45) is 0 Å². The van der Waals surface area contributed by atoms with Crippen molar-refractivity contribution in [3.8, 4) is 0 Å². The number of hydrogen-bond acceptors (Lipinski definition) is 5. The molecule has 0 aliphatic heterocycles. The first-order valence-electron chi connectivity index (χ1n) is 5.38. The number of hydrogen-bond donors (Lipinski definition) is 3. The molecule has 1 amide bonds. The molecule has 1 aromatic rings. The van der Waals surface area contributed by atoms with Crippen LogP contribution in [-0.4, -0.2) is 49.0 Å². The average molecular weight is 256 g/mol. The molecule has 8 nitrogen and oxygen atoms in total. The molecule has 0 saturated heterocycles. The van der Waals surface area contributed by atoms with Crippen molar-refractivity contribution in [3.63, 3.8) is 0 Å². The summed E-state index contributed by atoms with van der Waals surface area (Å²) in [5.74, 6) is -1.50. The SMILES string of the molecule is CC(C(=O)NCC(C)(O)CC(=O)O)n1cncn1. The van der Waals surface area contributed by atoms with Gasteiger partial charge in [0, 0.05) is 6.54 Å². The van der Waals surface area contributed by atoms with Crippen LogP contribution in [0.25, 0.3) is 0 Å². The number of carboxylic acids is 1. The number of aliphatic carboxylic acids is 1. The molecule has 0 aliphatic carbocycles. The normalized spacial score (nSPS) is 15.7. The zero-order valence-electron chi connectivity index (χ0n) is 10.2. The van der Waals surface area contributed by atoms with Crippen LogP contribution < -0.4 is 5.32 Å². The highest BCUT2D eigenvalue weighted by Crippen LogP contribution is 2.08. The summed E-state index contributed by atoms with van der Waals surface area (Å²) >= 11 is 0. The van der Waals surface area contributed by atoms with Crippen molar-refractivity contribution >= 4 is 11.9 Å². The van der Waals surface area contributed by atoms with Crippen LogP contribution in [0.2, 0.25) is 0 Å². The van der Waals surface area contributed by atoms with Crippen LogP contribution >= 0.6 is 0 Å². The topological polar surface area (TPSA) is 117 Å². The van der Waals surface area contributed by atoms with Crippen molar-refractivity contribution in [2.45, 2.75) is 31.9 Å². The predicted molar refractivity (Wildman–Crippen MR) is 60.6 cm³/mol. The standard InChI is InChI=1S/C10H16N4O4/c1-7(14-6-11-5-13-14)9(17)12-4-10(2,18)3-8(15)16/h5-7,18H,3-4H2,1-2H3,(H,12,17)(H,15,16). The Labute approximate surface area is 104 Å². The van der Waals surface area contributed by atoms with Crippen LogP contribution in [0, 0.1) is 0 Å². The molecule has 1 aromatic heterocycles. The van der Waals surface area contributed by atoms with Gasteiger partial charge in [-0.1, -0.05) is 0 Å². The Balaban J connectivity index is 2.48. The molecule has 0 radical (unpaired) electrons. The highest BCUT2D eigenvalue weighted by molar-refractivity contribution is 5.79. The molecule has 0 aliphatic rings. The van der Waals surface area contributed by atoms with Gasteiger partial charge in [0.25, 0.3) is 0 Å². The molecule has 0 spiro atoms. The Bertz CT molecular complexity index is 416. The fraction of sp³-hybridized carbons (Fsp3) is 0.600. The molecule has 0 saturated carbocycles. The van der Waals surface area contributed by atoms with E-state index in [1.807, 2.05) is 0 Å². The minimum absolute atomic E-state index is 0.142. The Morgan fingerprint density at radius 2 is 2.22 bits per heavy atom. The first-order chi connectivity index (χ1) is 8.32. The number of carbonyl (C=O) groups is 2. The maximum absolute atomic E-state index is 11.7. The largest absolute Gasteiger partial charge is 0.481 e. The van der Waals surface area contributed by atoms with E-state index in [4.69, 9.17) is 5.11 Å². The van der Waals surface area contributed by atoms with Crippen molar-refractivity contribution in [1.29, 1.82) is 0 Å². The summed E-state index contributed by atoms with van der Waals surface area (Å²) in [4.78, 5) is 25.9. The number of aliphatic hydroxyl groups is 1. The maximum atomic E-state index is 11.7. The quantitative estimate of drug-likeness (QED) is 0.612. The van der Waals surface area contributed by atoms with E-state index in [9.17, 15) is 14.7 Å². The lowest BCUT2D eigenvalue weighted by molar-refractivity contribution is -0.142. The van der Waals surface area contributed by atoms with E-state index in [1.54, 1.807) is 6.92 Å². The number of carboxylic acid groups (broad SMARTS) is 1. The second kappa shape index (κ2) is 5.58. The second-order valence-corrected chi connectivity index (χ2v) is 4.34. The van der Waals surface area contributed by atoms with Gasteiger partial charge in [-0.05, 0) is 13.8 Å². The summed E-state index contributed by atoms with van der Waals surface area (Å²) in [6.45, 7) is 2.83. The van der Waals surface area contributed by atoms with E-state index in [-0.39, 0.29) is 12.5 Å². The van der Waals surface area contributed by atoms with Crippen molar-refractivity contribution in [1.82, 2.24) is 20.1 Å². The Hall–Kier alpha value is -1.96. The van der Waals surface area contributed by atoms with Gasteiger partial charge < -0.3 is 15.5 Å². The monoisotopic (exact) mass is 256 g/mol. The van der Waals surface area contributed by atoms with Gasteiger partial charge >= 0.3 is 5.97 Å². The van der Waals surface area contributed by atoms with Crippen molar-refractivity contribution in [3.05, 3.63) is 12.7 Å². The van der Waals surface area contributed by atoms with Gasteiger partial charge in [-0.3, -0.25) is 9.59 Å². The van der Waals surface area contributed by atoms with E-state index >= 15 is 0 Å². The van der Waals surface area contributed by atoms with Crippen LogP contribution in [0.5, 0.6) is 0 Å². The van der Waals surface area contributed by atoms with Gasteiger partial charge in [0.05, 0.1) is 12.0 Å². The summed E-state index contributed by atoms with van der Waals surface area (Å²) in [6, 6.07) is -0.576. The Morgan fingerprint density at radius 1 is 1.56 bits per heavy atom. The third kappa shape index (κ3) is 4.13. The van der Waals surface area contributed by atoms with Crippen LogP contribution in [0.4, 0.5) is 0 Å². The molecular weight excluding hydrogens is 240 g/mol. The fourth-order valence-electron chi connectivity index (χ4n) is 1.35. The van der Waals surface area contributed by atoms with Gasteiger partial charge in [0.2, 0.25) is 5.91 Å². The third-order valence-corrected chi connectivity index (χ3v) is 2.39. The van der Waals surface area contributed by atoms with E-state index in [2.05, 4.69) is 15.4 Å². The zero-order valence-corrected chi connectivity index (χ0v) is 10.2. The van der Waals surface area contributed by atoms with Gasteiger partial charge in [0.15, 0.2) is 0 Å². The Morgan fingerprint density at radius 3 is 2.72 bits per heavy atom. The smallest absolute Gasteiger partial charge is 0.306 e. The van der Waals surface area contributed by atoms with Crippen LogP contribution in [0.1, 0.15) is 26.3 Å². The molecule has 3 N–H and O–H groups in total. The molecule has 2 unspecified atom stereocenters. The van der Waals surface area contributed by atoms with Crippen LogP contribution in [0.3, 0.4) is 0 Å². The van der Waals surface area contributed by atoms with Crippen LogP contribution in [0.15, 0.2) is 12.7 Å². The summed E-state index contributed by atoms with van der Waals surface area (Å²) in [7, 11) is 0. The minimum Gasteiger partial charge on any atom is -0.481 e. The predicted octanol–water partition coefficient (Wildman–Crippen LogP) is -0.819. The molecule has 0 fully saturated rings. The lowest BCUT2D eigenvalue weighted by atomic mass is 10.0. The second-order valence-electron chi connectivity index (χ2n) is 4.34. The average Bonchev–Trinajstić information content (AvgIpc) is 2.76. The summed E-state index contributed by atoms with van der Waals surface area (Å²) < 4.78 is 1.36. The summed E-state index contributed by atoms with van der Waals surface area (Å²) in [6.07, 6.45) is 2.27. The molecule has 1 heterocycles. The van der Waals surface area contributed by atoms with Crippen LogP contribution in [-0.2, 0) is 9.59 Å². The molecule has 1 rings (SSSR count). The molecule has 100 valence electrons. The van der Waals surface area contributed by atoms with E-state index < -0.39 is 24.0 Å². The van der Waals surface area contributed by atoms with Gasteiger partial charge in [0.1, 0.15) is 18.7 Å². The van der Waals surface area contributed by atoms with Crippen molar-refractivity contribution in [2.75, 3.05) is 6.54 Å². The lowest BCUT2D eigenvalue weighted by Crippen LogP contribution is -2.44. The first kappa shape index (κ1) is 14.1. The number of nitrogens with one attached hydrogen (secondary N) is 1. The van der Waals surface area contributed by atoms with Gasteiger partial charge in [-0.2, -0.15) is 5.10 Å². The van der Waals surface area contributed by atoms with Gasteiger partial charge in [-0.15, -0.1) is 0 Å². The Kier molecular flexibility index (Phi) is 4.38. The summed E-state index contributed by atoms with van der Waals surface area (Å²) in [5.41, 5.74) is -1.48. The molecule has 18 heavy (non-hydrogen) atoms.